The van der Waals surface area contributed by atoms with Gasteiger partial charge in [0.25, 0.3) is 0 Å². The number of unbranched alkanes of at least 4 members (excludes halogenated alkanes) is 6. The number of carbonyl (C=O) groups excluding carboxylic acids is 1. The summed E-state index contributed by atoms with van der Waals surface area (Å²) < 4.78 is 0. The Morgan fingerprint density at radius 2 is 1.95 bits per heavy atom. The average Bonchev–Trinajstić information content (AvgIpc) is 2.83. The van der Waals surface area contributed by atoms with Crippen LogP contribution in [0.5, 0.6) is 0 Å². The highest BCUT2D eigenvalue weighted by atomic mass is 16.4. The van der Waals surface area contributed by atoms with Crippen molar-refractivity contribution in [3.05, 3.63) is 12.2 Å². The Morgan fingerprint density at radius 1 is 1.18 bits per heavy atom. The standard InChI is InChI=1S/C19H32O3/c1-2-3-4-5-8-11-16-14-15-18(20)17(16)12-9-6-7-10-13-19(21)22/h8,11,16-17H,2-7,9-10,12-15H2,1H3,(H,21,22)/b11-8+. The van der Waals surface area contributed by atoms with Crippen molar-refractivity contribution in [3.8, 4) is 0 Å². The highest BCUT2D eigenvalue weighted by Gasteiger charge is 2.31. The molecular formula is C19H32O3. The minimum absolute atomic E-state index is 0.224. The van der Waals surface area contributed by atoms with E-state index in [0.717, 1.165) is 51.4 Å². The number of rotatable bonds is 12. The molecule has 1 rings (SSSR count). The van der Waals surface area contributed by atoms with Crippen LogP contribution in [-0.4, -0.2) is 16.9 Å². The van der Waals surface area contributed by atoms with Crippen LogP contribution in [0.15, 0.2) is 12.2 Å². The zero-order valence-electron chi connectivity index (χ0n) is 14.1. The third-order valence-corrected chi connectivity index (χ3v) is 4.67. The van der Waals surface area contributed by atoms with Gasteiger partial charge in [-0.1, -0.05) is 51.2 Å². The van der Waals surface area contributed by atoms with Crippen LogP contribution in [0.2, 0.25) is 0 Å². The van der Waals surface area contributed by atoms with Crippen LogP contribution in [0.3, 0.4) is 0 Å². The highest BCUT2D eigenvalue weighted by molar-refractivity contribution is 5.83. The van der Waals surface area contributed by atoms with E-state index in [1.54, 1.807) is 0 Å². The summed E-state index contributed by atoms with van der Waals surface area (Å²) in [5.41, 5.74) is 0. The van der Waals surface area contributed by atoms with Crippen LogP contribution in [-0.2, 0) is 9.59 Å². The summed E-state index contributed by atoms with van der Waals surface area (Å²) in [7, 11) is 0. The molecule has 0 bridgehead atoms. The first-order valence-electron chi connectivity index (χ1n) is 9.06. The van der Waals surface area contributed by atoms with Gasteiger partial charge in [-0.25, -0.2) is 0 Å². The largest absolute Gasteiger partial charge is 0.481 e. The second kappa shape index (κ2) is 11.4. The van der Waals surface area contributed by atoms with Crippen molar-refractivity contribution in [1.82, 2.24) is 0 Å². The number of carbonyl (C=O) groups is 2. The van der Waals surface area contributed by atoms with Gasteiger partial charge in [0.05, 0.1) is 0 Å². The quantitative estimate of drug-likeness (QED) is 0.401. The lowest BCUT2D eigenvalue weighted by molar-refractivity contribution is -0.137. The molecule has 1 aliphatic carbocycles. The molecule has 0 spiro atoms. The molecule has 22 heavy (non-hydrogen) atoms. The molecule has 0 amide bonds. The van der Waals surface area contributed by atoms with Crippen LogP contribution >= 0.6 is 0 Å². The number of hydrogen-bond acceptors (Lipinski definition) is 2. The Morgan fingerprint density at radius 3 is 2.68 bits per heavy atom. The molecule has 1 N–H and O–H groups in total. The van der Waals surface area contributed by atoms with Gasteiger partial charge in [-0.2, -0.15) is 0 Å². The summed E-state index contributed by atoms with van der Waals surface area (Å²) in [4.78, 5) is 22.5. The summed E-state index contributed by atoms with van der Waals surface area (Å²) in [5.74, 6) is 0.406. The van der Waals surface area contributed by atoms with E-state index in [1.165, 1.54) is 19.3 Å². The van der Waals surface area contributed by atoms with Gasteiger partial charge in [0.1, 0.15) is 5.78 Å². The van der Waals surface area contributed by atoms with Crippen molar-refractivity contribution in [2.24, 2.45) is 11.8 Å². The fourth-order valence-electron chi connectivity index (χ4n) is 3.32. The van der Waals surface area contributed by atoms with Crippen LogP contribution in [0.4, 0.5) is 0 Å². The maximum Gasteiger partial charge on any atom is 0.303 e. The maximum atomic E-state index is 12.0. The van der Waals surface area contributed by atoms with Gasteiger partial charge in [0.15, 0.2) is 0 Å². The Bertz CT molecular complexity index is 360. The molecular weight excluding hydrogens is 276 g/mol. The monoisotopic (exact) mass is 308 g/mol. The van der Waals surface area contributed by atoms with E-state index in [2.05, 4.69) is 19.1 Å². The number of ketones is 1. The third-order valence-electron chi connectivity index (χ3n) is 4.67. The van der Waals surface area contributed by atoms with E-state index in [0.29, 0.717) is 11.7 Å². The summed E-state index contributed by atoms with van der Waals surface area (Å²) in [6.45, 7) is 2.21. The van der Waals surface area contributed by atoms with Crippen molar-refractivity contribution in [3.63, 3.8) is 0 Å². The summed E-state index contributed by atoms with van der Waals surface area (Å²) in [6.07, 6.45) is 16.3. The fraction of sp³-hybridized carbons (Fsp3) is 0.789. The molecule has 0 aromatic rings. The van der Waals surface area contributed by atoms with Crippen molar-refractivity contribution < 1.29 is 14.7 Å². The lowest BCUT2D eigenvalue weighted by Gasteiger charge is -2.14. The van der Waals surface area contributed by atoms with Gasteiger partial charge < -0.3 is 5.11 Å². The lowest BCUT2D eigenvalue weighted by Crippen LogP contribution is -2.13. The average molecular weight is 308 g/mol. The normalized spacial score (nSPS) is 21.8. The Kier molecular flexibility index (Phi) is 9.85. The van der Waals surface area contributed by atoms with Gasteiger partial charge in [0, 0.05) is 18.8 Å². The first kappa shape index (κ1) is 18.9. The predicted molar refractivity (Wildman–Crippen MR) is 89.8 cm³/mol. The molecule has 3 heteroatoms. The second-order valence-corrected chi connectivity index (χ2v) is 6.55. The molecule has 0 aliphatic heterocycles. The first-order valence-corrected chi connectivity index (χ1v) is 9.06. The number of allylic oxidation sites excluding steroid dienone is 2. The number of hydrogen-bond donors (Lipinski definition) is 1. The molecule has 0 saturated heterocycles. The molecule has 126 valence electrons. The SMILES string of the molecule is CCCCC/C=C/C1CCC(=O)C1CCCCCCC(=O)O. The van der Waals surface area contributed by atoms with Crippen molar-refractivity contribution >= 4 is 11.8 Å². The van der Waals surface area contributed by atoms with E-state index in [-0.39, 0.29) is 12.3 Å². The Balaban J connectivity index is 2.21. The van der Waals surface area contributed by atoms with Crippen molar-refractivity contribution in [1.29, 1.82) is 0 Å². The minimum Gasteiger partial charge on any atom is -0.481 e. The smallest absolute Gasteiger partial charge is 0.303 e. The fourth-order valence-corrected chi connectivity index (χ4v) is 3.32. The third kappa shape index (κ3) is 7.77. The number of aliphatic carboxylic acids is 1. The summed E-state index contributed by atoms with van der Waals surface area (Å²) in [5, 5.41) is 8.60. The zero-order chi connectivity index (χ0) is 16.2. The van der Waals surface area contributed by atoms with Crippen LogP contribution in [0, 0.1) is 11.8 Å². The van der Waals surface area contributed by atoms with E-state index in [1.807, 2.05) is 0 Å². The zero-order valence-corrected chi connectivity index (χ0v) is 14.1. The topological polar surface area (TPSA) is 54.4 Å². The molecule has 0 aromatic carbocycles. The van der Waals surface area contributed by atoms with Gasteiger partial charge in [-0.05, 0) is 38.0 Å². The predicted octanol–water partition coefficient (Wildman–Crippen LogP) is 5.14. The van der Waals surface area contributed by atoms with E-state index in [4.69, 9.17) is 5.11 Å². The van der Waals surface area contributed by atoms with E-state index < -0.39 is 5.97 Å². The van der Waals surface area contributed by atoms with Gasteiger partial charge >= 0.3 is 5.97 Å². The molecule has 2 atom stereocenters. The van der Waals surface area contributed by atoms with Crippen LogP contribution in [0.1, 0.15) is 84.0 Å². The summed E-state index contributed by atoms with van der Waals surface area (Å²) in [6, 6.07) is 0. The molecule has 0 heterocycles. The molecule has 1 aliphatic rings. The minimum atomic E-state index is -0.709. The van der Waals surface area contributed by atoms with Crippen molar-refractivity contribution in [2.45, 2.75) is 84.0 Å². The maximum absolute atomic E-state index is 12.0. The summed E-state index contributed by atoms with van der Waals surface area (Å²) >= 11 is 0. The van der Waals surface area contributed by atoms with Gasteiger partial charge in [-0.3, -0.25) is 9.59 Å². The number of carboxylic acid groups (broad SMARTS) is 1. The van der Waals surface area contributed by atoms with E-state index >= 15 is 0 Å². The highest BCUT2D eigenvalue weighted by Crippen LogP contribution is 2.34. The van der Waals surface area contributed by atoms with Crippen molar-refractivity contribution in [2.75, 3.05) is 0 Å². The van der Waals surface area contributed by atoms with E-state index in [9.17, 15) is 9.59 Å². The number of Topliss-reactive ketones (excluding diaryl/α,β-unsaturated/α-hetero) is 1. The molecule has 0 radical (unpaired) electrons. The lowest BCUT2D eigenvalue weighted by atomic mass is 9.89. The molecule has 1 fully saturated rings. The Labute approximate surface area is 135 Å². The van der Waals surface area contributed by atoms with Gasteiger partial charge in [-0.15, -0.1) is 0 Å². The molecule has 3 nitrogen and oxygen atoms in total. The molecule has 0 aromatic heterocycles. The molecule has 2 unspecified atom stereocenters. The van der Waals surface area contributed by atoms with Gasteiger partial charge in [0.2, 0.25) is 0 Å². The molecule has 1 saturated carbocycles. The van der Waals surface area contributed by atoms with Crippen LogP contribution in [0.25, 0.3) is 0 Å². The van der Waals surface area contributed by atoms with Crippen LogP contribution < -0.4 is 0 Å². The second-order valence-electron chi connectivity index (χ2n) is 6.55. The Hall–Kier alpha value is -1.12. The number of carboxylic acids is 1. The first-order chi connectivity index (χ1) is 10.6.